The summed E-state index contributed by atoms with van der Waals surface area (Å²) in [6.45, 7) is 0. The van der Waals surface area contributed by atoms with Crippen LogP contribution in [0.15, 0.2) is 30.5 Å². The van der Waals surface area contributed by atoms with Gasteiger partial charge in [0.05, 0.1) is 14.2 Å². The highest BCUT2D eigenvalue weighted by atomic mass is 16.5. The van der Waals surface area contributed by atoms with Crippen molar-refractivity contribution in [2.75, 3.05) is 14.2 Å². The molecule has 4 nitrogen and oxygen atoms in total. The molecule has 0 unspecified atom stereocenters. The molecule has 0 amide bonds. The van der Waals surface area contributed by atoms with Gasteiger partial charge in [-0.05, 0) is 23.6 Å². The van der Waals surface area contributed by atoms with Crippen LogP contribution < -0.4 is 4.74 Å². The molecule has 0 N–H and O–H groups in total. The Morgan fingerprint density at radius 2 is 2.00 bits per heavy atom. The molecular weight excluding hydrogens is 206 g/mol. The first-order valence-corrected chi connectivity index (χ1v) is 4.76. The van der Waals surface area contributed by atoms with E-state index in [1.54, 1.807) is 19.4 Å². The Hall–Kier alpha value is -2.10. The van der Waals surface area contributed by atoms with E-state index in [0.717, 1.165) is 16.5 Å². The molecule has 1 aromatic heterocycles. The molecule has 0 spiro atoms. The SMILES string of the molecule is COC(=O)c1cc2ccc(OC)cc2cn1. The monoisotopic (exact) mass is 217 g/mol. The summed E-state index contributed by atoms with van der Waals surface area (Å²) in [5, 5.41) is 1.85. The Morgan fingerprint density at radius 1 is 1.19 bits per heavy atom. The Labute approximate surface area is 92.8 Å². The molecule has 16 heavy (non-hydrogen) atoms. The lowest BCUT2D eigenvalue weighted by Gasteiger charge is -2.03. The summed E-state index contributed by atoms with van der Waals surface area (Å²) in [4.78, 5) is 15.3. The molecule has 1 aromatic carbocycles. The molecule has 2 rings (SSSR count). The highest BCUT2D eigenvalue weighted by molar-refractivity contribution is 5.93. The summed E-state index contributed by atoms with van der Waals surface area (Å²) in [6, 6.07) is 7.27. The maximum absolute atomic E-state index is 11.3. The van der Waals surface area contributed by atoms with Crippen molar-refractivity contribution in [2.45, 2.75) is 0 Å². The van der Waals surface area contributed by atoms with Gasteiger partial charge in [-0.25, -0.2) is 9.78 Å². The molecule has 0 saturated heterocycles. The topological polar surface area (TPSA) is 48.4 Å². The van der Waals surface area contributed by atoms with Gasteiger partial charge in [-0.3, -0.25) is 0 Å². The number of esters is 1. The predicted molar refractivity (Wildman–Crippen MR) is 59.6 cm³/mol. The fourth-order valence-electron chi connectivity index (χ4n) is 1.46. The Kier molecular flexibility index (Phi) is 2.72. The van der Waals surface area contributed by atoms with E-state index in [0.29, 0.717) is 5.69 Å². The highest BCUT2D eigenvalue weighted by Gasteiger charge is 2.07. The number of nitrogens with zero attached hydrogens (tertiary/aromatic N) is 1. The van der Waals surface area contributed by atoms with E-state index in [1.165, 1.54) is 7.11 Å². The second kappa shape index (κ2) is 4.18. The third kappa shape index (κ3) is 1.82. The van der Waals surface area contributed by atoms with Crippen molar-refractivity contribution in [3.05, 3.63) is 36.2 Å². The normalized spacial score (nSPS) is 10.1. The van der Waals surface area contributed by atoms with Crippen LogP contribution >= 0.6 is 0 Å². The van der Waals surface area contributed by atoms with E-state index < -0.39 is 5.97 Å². The second-order valence-corrected chi connectivity index (χ2v) is 3.27. The number of rotatable bonds is 2. The number of methoxy groups -OCH3 is 2. The molecule has 0 aliphatic carbocycles. The molecule has 4 heteroatoms. The van der Waals surface area contributed by atoms with Crippen molar-refractivity contribution in [3.8, 4) is 5.75 Å². The fourth-order valence-corrected chi connectivity index (χ4v) is 1.46. The summed E-state index contributed by atoms with van der Waals surface area (Å²) in [6.07, 6.45) is 1.63. The fraction of sp³-hybridized carbons (Fsp3) is 0.167. The minimum atomic E-state index is -0.433. The van der Waals surface area contributed by atoms with Crippen LogP contribution in [0.25, 0.3) is 10.8 Å². The number of fused-ring (bicyclic) bond motifs is 1. The zero-order chi connectivity index (χ0) is 11.5. The molecule has 0 fully saturated rings. The van der Waals surface area contributed by atoms with Crippen molar-refractivity contribution in [1.29, 1.82) is 0 Å². The van der Waals surface area contributed by atoms with E-state index in [9.17, 15) is 4.79 Å². The van der Waals surface area contributed by atoms with Crippen LogP contribution in [0.5, 0.6) is 5.75 Å². The van der Waals surface area contributed by atoms with E-state index in [1.807, 2.05) is 18.2 Å². The van der Waals surface area contributed by atoms with Gasteiger partial charge in [0.15, 0.2) is 0 Å². The van der Waals surface area contributed by atoms with Crippen LogP contribution in [0.1, 0.15) is 10.5 Å². The first-order valence-electron chi connectivity index (χ1n) is 4.76. The Balaban J connectivity index is 2.51. The van der Waals surface area contributed by atoms with Crippen LogP contribution in [0, 0.1) is 0 Å². The lowest BCUT2D eigenvalue weighted by atomic mass is 10.1. The number of pyridine rings is 1. The number of carbonyl (C=O) groups is 1. The van der Waals surface area contributed by atoms with Crippen molar-refractivity contribution in [3.63, 3.8) is 0 Å². The quantitative estimate of drug-likeness (QED) is 0.722. The second-order valence-electron chi connectivity index (χ2n) is 3.27. The molecular formula is C12H11NO3. The number of aromatic nitrogens is 1. The van der Waals surface area contributed by atoms with Gasteiger partial charge in [0.1, 0.15) is 11.4 Å². The summed E-state index contributed by atoms with van der Waals surface area (Å²) >= 11 is 0. The summed E-state index contributed by atoms with van der Waals surface area (Å²) < 4.78 is 9.71. The van der Waals surface area contributed by atoms with Crippen LogP contribution in [-0.4, -0.2) is 25.2 Å². The number of benzene rings is 1. The minimum absolute atomic E-state index is 0.306. The van der Waals surface area contributed by atoms with Gasteiger partial charge in [0.25, 0.3) is 0 Å². The number of ether oxygens (including phenoxy) is 2. The smallest absolute Gasteiger partial charge is 0.356 e. The zero-order valence-electron chi connectivity index (χ0n) is 9.06. The molecule has 0 bridgehead atoms. The van der Waals surface area contributed by atoms with Gasteiger partial charge in [-0.15, -0.1) is 0 Å². The molecule has 0 aliphatic rings. The standard InChI is InChI=1S/C12H11NO3/c1-15-10-4-3-8-6-11(12(14)16-2)13-7-9(8)5-10/h3-7H,1-2H3. The van der Waals surface area contributed by atoms with E-state index in [2.05, 4.69) is 9.72 Å². The van der Waals surface area contributed by atoms with Gasteiger partial charge in [-0.1, -0.05) is 6.07 Å². The van der Waals surface area contributed by atoms with Gasteiger partial charge in [-0.2, -0.15) is 0 Å². The Bertz CT molecular complexity index is 537. The molecule has 0 radical (unpaired) electrons. The molecule has 0 atom stereocenters. The van der Waals surface area contributed by atoms with Crippen LogP contribution in [0.2, 0.25) is 0 Å². The lowest BCUT2D eigenvalue weighted by Crippen LogP contribution is -2.03. The van der Waals surface area contributed by atoms with Crippen molar-refractivity contribution >= 4 is 16.7 Å². The molecule has 0 aliphatic heterocycles. The lowest BCUT2D eigenvalue weighted by molar-refractivity contribution is 0.0594. The number of carbonyl (C=O) groups excluding carboxylic acids is 1. The summed E-state index contributed by atoms with van der Waals surface area (Å²) in [5.74, 6) is 0.331. The van der Waals surface area contributed by atoms with Gasteiger partial charge in [0.2, 0.25) is 0 Å². The first-order chi connectivity index (χ1) is 7.74. The maximum Gasteiger partial charge on any atom is 0.356 e. The maximum atomic E-state index is 11.3. The average Bonchev–Trinajstić information content (AvgIpc) is 2.36. The van der Waals surface area contributed by atoms with Crippen molar-refractivity contribution in [2.24, 2.45) is 0 Å². The third-order valence-corrected chi connectivity index (χ3v) is 2.32. The van der Waals surface area contributed by atoms with Gasteiger partial charge >= 0.3 is 5.97 Å². The predicted octanol–water partition coefficient (Wildman–Crippen LogP) is 2.03. The average molecular weight is 217 g/mol. The van der Waals surface area contributed by atoms with Crippen LogP contribution in [-0.2, 0) is 4.74 Å². The highest BCUT2D eigenvalue weighted by Crippen LogP contribution is 2.20. The summed E-state index contributed by atoms with van der Waals surface area (Å²) in [5.41, 5.74) is 0.306. The number of hydrogen-bond donors (Lipinski definition) is 0. The van der Waals surface area contributed by atoms with E-state index in [-0.39, 0.29) is 0 Å². The minimum Gasteiger partial charge on any atom is -0.497 e. The number of hydrogen-bond acceptors (Lipinski definition) is 4. The molecule has 0 saturated carbocycles. The molecule has 1 heterocycles. The van der Waals surface area contributed by atoms with Crippen LogP contribution in [0.4, 0.5) is 0 Å². The summed E-state index contributed by atoms with van der Waals surface area (Å²) in [7, 11) is 2.94. The molecule has 2 aromatic rings. The third-order valence-electron chi connectivity index (χ3n) is 2.32. The Morgan fingerprint density at radius 3 is 2.69 bits per heavy atom. The van der Waals surface area contributed by atoms with Crippen LogP contribution in [0.3, 0.4) is 0 Å². The van der Waals surface area contributed by atoms with Crippen molar-refractivity contribution in [1.82, 2.24) is 4.98 Å². The van der Waals surface area contributed by atoms with E-state index >= 15 is 0 Å². The largest absolute Gasteiger partial charge is 0.497 e. The van der Waals surface area contributed by atoms with Gasteiger partial charge < -0.3 is 9.47 Å². The first kappa shape index (κ1) is 10.4. The van der Waals surface area contributed by atoms with E-state index in [4.69, 9.17) is 4.74 Å². The molecule has 82 valence electrons. The van der Waals surface area contributed by atoms with Crippen molar-refractivity contribution < 1.29 is 14.3 Å². The zero-order valence-corrected chi connectivity index (χ0v) is 9.06. The van der Waals surface area contributed by atoms with Gasteiger partial charge in [0, 0.05) is 11.6 Å².